The Morgan fingerprint density at radius 1 is 0.667 bits per heavy atom. The molecule has 0 aliphatic heterocycles. The molecular weight excluding hydrogens is 458 g/mol. The molecule has 0 atom stereocenters. The van der Waals surface area contributed by atoms with Crippen LogP contribution in [0.15, 0.2) is 36.4 Å². The Bertz CT molecular complexity index is 751. The molecule has 2 rings (SSSR count). The molecule has 0 saturated carbocycles. The van der Waals surface area contributed by atoms with Gasteiger partial charge in [0.25, 0.3) is 0 Å². The standard InChI is InChI=1S/2C11H16O.2ClH.Zr/c2*1-8-5-6-10(12)9(7-8)11(2,3)4;;;/h2*5-7,12H,1-4H3;2*1H;/q;;;;+4/p-4. The van der Waals surface area contributed by atoms with Gasteiger partial charge in [-0.2, -0.15) is 0 Å². The van der Waals surface area contributed by atoms with Crippen molar-refractivity contribution in [3.8, 4) is 11.5 Å². The van der Waals surface area contributed by atoms with Crippen LogP contribution in [0.1, 0.15) is 63.8 Å². The van der Waals surface area contributed by atoms with E-state index in [9.17, 15) is 0 Å². The number of hydrogen-bond donors (Lipinski definition) is 0. The van der Waals surface area contributed by atoms with Gasteiger partial charge >= 0.3 is 178 Å². The predicted molar refractivity (Wildman–Crippen MR) is 113 cm³/mol. The van der Waals surface area contributed by atoms with E-state index in [1.54, 1.807) is 0 Å². The van der Waals surface area contributed by atoms with Crippen molar-refractivity contribution < 1.29 is 24.4 Å². The van der Waals surface area contributed by atoms with Crippen molar-refractivity contribution >= 4 is 17.0 Å². The zero-order valence-corrected chi connectivity index (χ0v) is 21.5. The molecule has 148 valence electrons. The summed E-state index contributed by atoms with van der Waals surface area (Å²) in [4.78, 5) is 0. The van der Waals surface area contributed by atoms with Gasteiger partial charge < -0.3 is 0 Å². The van der Waals surface area contributed by atoms with Crippen LogP contribution in [-0.2, 0) is 29.6 Å². The average Bonchev–Trinajstić information content (AvgIpc) is 2.48. The first kappa shape index (κ1) is 22.8. The number of aryl methyl sites for hydroxylation is 2. The molecule has 0 aliphatic carbocycles. The van der Waals surface area contributed by atoms with E-state index in [0.717, 1.165) is 11.1 Å². The molecule has 2 aromatic carbocycles. The molecular formula is C22H30Cl2O2Zr. The van der Waals surface area contributed by atoms with E-state index in [-0.39, 0.29) is 10.8 Å². The van der Waals surface area contributed by atoms with Gasteiger partial charge in [-0.1, -0.05) is 0 Å². The molecule has 0 saturated heterocycles. The van der Waals surface area contributed by atoms with Gasteiger partial charge in [-0.15, -0.1) is 0 Å². The summed E-state index contributed by atoms with van der Waals surface area (Å²) >= 11 is -4.34. The Labute approximate surface area is 176 Å². The Kier molecular flexibility index (Phi) is 6.83. The molecule has 0 fully saturated rings. The second-order valence-electron chi connectivity index (χ2n) is 9.17. The third-order valence-electron chi connectivity index (χ3n) is 4.34. The normalized spacial score (nSPS) is 12.8. The third-order valence-corrected chi connectivity index (χ3v) is 8.42. The molecule has 2 aromatic rings. The van der Waals surface area contributed by atoms with Crippen molar-refractivity contribution in [1.29, 1.82) is 0 Å². The van der Waals surface area contributed by atoms with Crippen molar-refractivity contribution in [2.24, 2.45) is 0 Å². The van der Waals surface area contributed by atoms with E-state index in [1.165, 1.54) is 11.1 Å². The van der Waals surface area contributed by atoms with Crippen molar-refractivity contribution in [2.75, 3.05) is 0 Å². The SMILES string of the molecule is Cc1ccc([O][Zr]([Cl])([Cl])[O]c2ccc(C)cc2C(C)(C)C)c(C(C)(C)C)c1. The van der Waals surface area contributed by atoms with E-state index >= 15 is 0 Å². The molecule has 5 heteroatoms. The van der Waals surface area contributed by atoms with E-state index in [0.29, 0.717) is 11.5 Å². The van der Waals surface area contributed by atoms with Crippen molar-refractivity contribution in [2.45, 2.75) is 66.2 Å². The Hall–Kier alpha value is -0.497. The topological polar surface area (TPSA) is 18.5 Å². The van der Waals surface area contributed by atoms with Gasteiger partial charge in [0, 0.05) is 0 Å². The first-order valence-corrected chi connectivity index (χ1v) is 17.5. The predicted octanol–water partition coefficient (Wildman–Crippen LogP) is 7.65. The van der Waals surface area contributed by atoms with Crippen LogP contribution in [0.5, 0.6) is 11.5 Å². The fourth-order valence-electron chi connectivity index (χ4n) is 2.91. The van der Waals surface area contributed by atoms with Gasteiger partial charge in [0.15, 0.2) is 0 Å². The first-order chi connectivity index (χ1) is 12.2. The second-order valence-corrected chi connectivity index (χ2v) is 19.5. The Balaban J connectivity index is 2.37. The molecule has 2 nitrogen and oxygen atoms in total. The van der Waals surface area contributed by atoms with E-state index < -0.39 is 18.8 Å². The number of benzene rings is 2. The average molecular weight is 489 g/mol. The number of rotatable bonds is 4. The molecule has 0 bridgehead atoms. The summed E-state index contributed by atoms with van der Waals surface area (Å²) in [6.07, 6.45) is 0. The number of hydrogen-bond acceptors (Lipinski definition) is 2. The first-order valence-electron chi connectivity index (χ1n) is 9.17. The van der Waals surface area contributed by atoms with E-state index in [2.05, 4.69) is 67.5 Å². The van der Waals surface area contributed by atoms with E-state index in [4.69, 9.17) is 22.7 Å². The summed E-state index contributed by atoms with van der Waals surface area (Å²) in [7, 11) is 13.3. The van der Waals surface area contributed by atoms with Crippen LogP contribution in [0.2, 0.25) is 0 Å². The third kappa shape index (κ3) is 6.24. The summed E-state index contributed by atoms with van der Waals surface area (Å²) in [5.41, 5.74) is 4.33. The van der Waals surface area contributed by atoms with Crippen molar-refractivity contribution in [1.82, 2.24) is 0 Å². The van der Waals surface area contributed by atoms with Gasteiger partial charge in [0.05, 0.1) is 0 Å². The molecule has 0 amide bonds. The van der Waals surface area contributed by atoms with Crippen LogP contribution in [0.3, 0.4) is 0 Å². The zero-order valence-electron chi connectivity index (χ0n) is 17.5. The monoisotopic (exact) mass is 486 g/mol. The van der Waals surface area contributed by atoms with Crippen molar-refractivity contribution in [3.63, 3.8) is 0 Å². The fraction of sp³-hybridized carbons (Fsp3) is 0.455. The van der Waals surface area contributed by atoms with Gasteiger partial charge in [-0.25, -0.2) is 0 Å². The summed E-state index contributed by atoms with van der Waals surface area (Å²) in [5.74, 6) is 1.41. The van der Waals surface area contributed by atoms with Crippen molar-refractivity contribution in [3.05, 3.63) is 58.7 Å². The molecule has 0 unspecified atom stereocenters. The van der Waals surface area contributed by atoms with Crippen LogP contribution < -0.4 is 5.63 Å². The maximum atomic E-state index is 6.66. The summed E-state index contributed by atoms with van der Waals surface area (Å²) in [6, 6.07) is 12.1. The van der Waals surface area contributed by atoms with Crippen LogP contribution in [0, 0.1) is 13.8 Å². The summed E-state index contributed by atoms with van der Waals surface area (Å²) < 4.78 is 12.3. The maximum absolute atomic E-state index is 6.66. The molecule has 0 aromatic heterocycles. The Morgan fingerprint density at radius 2 is 1.00 bits per heavy atom. The molecule has 27 heavy (non-hydrogen) atoms. The minimum atomic E-state index is -4.34. The minimum absolute atomic E-state index is 0.0858. The Morgan fingerprint density at radius 3 is 1.30 bits per heavy atom. The van der Waals surface area contributed by atoms with Crippen LogP contribution >= 0.6 is 17.0 Å². The van der Waals surface area contributed by atoms with E-state index in [1.807, 2.05) is 24.3 Å². The second kappa shape index (κ2) is 8.09. The number of halogens is 2. The molecule has 0 aliphatic rings. The van der Waals surface area contributed by atoms with Crippen LogP contribution in [-0.4, -0.2) is 0 Å². The van der Waals surface area contributed by atoms with Gasteiger partial charge in [0.2, 0.25) is 0 Å². The molecule has 0 heterocycles. The van der Waals surface area contributed by atoms with Gasteiger partial charge in [0.1, 0.15) is 0 Å². The van der Waals surface area contributed by atoms with Crippen LogP contribution in [0.4, 0.5) is 0 Å². The summed E-state index contributed by atoms with van der Waals surface area (Å²) in [6.45, 7) is 17.0. The zero-order chi connectivity index (χ0) is 20.6. The summed E-state index contributed by atoms with van der Waals surface area (Å²) in [5, 5.41) is 0. The van der Waals surface area contributed by atoms with Gasteiger partial charge in [-0.05, 0) is 0 Å². The molecule has 0 spiro atoms. The van der Waals surface area contributed by atoms with Crippen LogP contribution in [0.25, 0.3) is 0 Å². The molecule has 0 N–H and O–H groups in total. The molecule has 0 radical (unpaired) electrons. The fourth-order valence-corrected chi connectivity index (χ4v) is 7.12. The quantitative estimate of drug-likeness (QED) is 0.440. The van der Waals surface area contributed by atoms with Gasteiger partial charge in [-0.3, -0.25) is 0 Å².